The molecule has 140 valence electrons. The van der Waals surface area contributed by atoms with Crippen molar-refractivity contribution in [3.63, 3.8) is 0 Å². The molecule has 25 heavy (non-hydrogen) atoms. The number of alkyl carbamates (subject to hydrolysis) is 1. The summed E-state index contributed by atoms with van der Waals surface area (Å²) in [6, 6.07) is 7.97. The van der Waals surface area contributed by atoms with Crippen LogP contribution in [-0.4, -0.2) is 52.2 Å². The molecule has 0 aromatic heterocycles. The van der Waals surface area contributed by atoms with Crippen LogP contribution < -0.4 is 5.32 Å². The van der Waals surface area contributed by atoms with Crippen LogP contribution in [0.3, 0.4) is 0 Å². The van der Waals surface area contributed by atoms with Gasteiger partial charge in [0.25, 0.3) is 0 Å². The van der Waals surface area contributed by atoms with E-state index in [-0.39, 0.29) is 25.0 Å². The zero-order valence-electron chi connectivity index (χ0n) is 13.8. The molecule has 1 amide bonds. The van der Waals surface area contributed by atoms with E-state index in [1.165, 1.54) is 0 Å². The molecule has 1 unspecified atom stereocenters. The number of carbonyl (C=O) groups is 2. The topological polar surface area (TPSA) is 129 Å². The van der Waals surface area contributed by atoms with Crippen LogP contribution in [0.25, 0.3) is 0 Å². The van der Waals surface area contributed by atoms with E-state index in [1.54, 1.807) is 24.3 Å². The van der Waals surface area contributed by atoms with Gasteiger partial charge < -0.3 is 15.2 Å². The van der Waals surface area contributed by atoms with Gasteiger partial charge >= 0.3 is 12.1 Å². The van der Waals surface area contributed by atoms with E-state index in [4.69, 9.17) is 15.2 Å². The monoisotopic (exact) mass is 356 g/mol. The van der Waals surface area contributed by atoms with Gasteiger partial charge in [-0.15, -0.1) is 0 Å². The van der Waals surface area contributed by atoms with Crippen molar-refractivity contribution in [1.82, 2.24) is 10.7 Å². The first-order valence-electron chi connectivity index (χ1n) is 8.00. The second-order valence-electron chi connectivity index (χ2n) is 5.36. The number of nitrogens with zero attached hydrogens (tertiary/aromatic N) is 1. The Balaban J connectivity index is 2.17. The molecular weight excluding hydrogens is 332 g/mol. The average molecular weight is 356 g/mol. The van der Waals surface area contributed by atoms with Gasteiger partial charge in [-0.1, -0.05) is 36.8 Å². The lowest BCUT2D eigenvalue weighted by Crippen LogP contribution is -2.42. The van der Waals surface area contributed by atoms with Crippen molar-refractivity contribution in [1.29, 1.82) is 0 Å². The normalized spacial score (nSPS) is 12.0. The van der Waals surface area contributed by atoms with E-state index in [0.29, 0.717) is 12.8 Å². The third-order valence-electron chi connectivity index (χ3n) is 3.35. The number of ether oxygens (including phenoxy) is 1. The number of benzene rings is 1. The molecule has 0 fully saturated rings. The molecule has 0 bridgehead atoms. The highest BCUT2D eigenvalue weighted by atomic mass is 17.1. The molecule has 9 nitrogen and oxygen atoms in total. The fourth-order valence-electron chi connectivity index (χ4n) is 2.10. The van der Waals surface area contributed by atoms with Gasteiger partial charge in [0.15, 0.2) is 0 Å². The van der Waals surface area contributed by atoms with Crippen molar-refractivity contribution in [2.45, 2.75) is 38.1 Å². The largest absolute Gasteiger partial charge is 0.480 e. The van der Waals surface area contributed by atoms with E-state index in [2.05, 4.69) is 10.2 Å². The number of rotatable bonds is 12. The number of hydrogen-bond donors (Lipinski definition) is 4. The number of carboxylic acid groups (broad SMARTS) is 1. The summed E-state index contributed by atoms with van der Waals surface area (Å²) in [7, 11) is 0. The Morgan fingerprint density at radius 1 is 1.04 bits per heavy atom. The van der Waals surface area contributed by atoms with Gasteiger partial charge in [0, 0.05) is 6.42 Å². The van der Waals surface area contributed by atoms with Crippen LogP contribution in [0.1, 0.15) is 31.2 Å². The van der Waals surface area contributed by atoms with E-state index >= 15 is 0 Å². The number of carboxylic acids is 1. The predicted molar refractivity (Wildman–Crippen MR) is 85.9 cm³/mol. The molecule has 9 heteroatoms. The van der Waals surface area contributed by atoms with Crippen LogP contribution in [0, 0.1) is 0 Å². The predicted octanol–water partition coefficient (Wildman–Crippen LogP) is 1.98. The number of aliphatic carboxylic acids is 1. The van der Waals surface area contributed by atoms with Crippen LogP contribution in [0.5, 0.6) is 0 Å². The van der Waals surface area contributed by atoms with Crippen molar-refractivity contribution in [2.24, 2.45) is 0 Å². The van der Waals surface area contributed by atoms with Crippen LogP contribution >= 0.6 is 0 Å². The molecule has 0 aliphatic rings. The summed E-state index contributed by atoms with van der Waals surface area (Å²) in [5.41, 5.74) is 0.807. The van der Waals surface area contributed by atoms with Gasteiger partial charge in [0.05, 0.1) is 18.6 Å². The first-order chi connectivity index (χ1) is 12.0. The van der Waals surface area contributed by atoms with Gasteiger partial charge in [-0.3, -0.25) is 15.3 Å². The molecule has 4 N–H and O–H groups in total. The highest BCUT2D eigenvalue weighted by Crippen LogP contribution is 2.05. The fourth-order valence-corrected chi connectivity index (χ4v) is 2.10. The summed E-state index contributed by atoms with van der Waals surface area (Å²) in [5, 5.41) is 27.8. The van der Waals surface area contributed by atoms with Gasteiger partial charge in [-0.25, -0.2) is 9.59 Å². The number of amides is 1. The van der Waals surface area contributed by atoms with E-state index in [0.717, 1.165) is 18.4 Å². The Bertz CT molecular complexity index is 510. The quantitative estimate of drug-likeness (QED) is 0.330. The number of unbranched alkanes of at least 4 members (excludes halogenated alkanes) is 3. The minimum atomic E-state index is -1.12. The summed E-state index contributed by atoms with van der Waals surface area (Å²) >= 11 is 0. The van der Waals surface area contributed by atoms with E-state index in [1.807, 2.05) is 6.07 Å². The Hall–Kier alpha value is -2.20. The standard InChI is InChI=1S/C16H24N2O7/c19-15(20)14(12-13-8-4-3-5-9-13)17-16(21)24-10-6-1-2-7-11-25-18(22)23/h3-5,8-9,14,22-23H,1-2,6-7,10-12H2,(H,17,21)(H,19,20). The minimum Gasteiger partial charge on any atom is -0.480 e. The first kappa shape index (κ1) is 20.8. The van der Waals surface area contributed by atoms with Gasteiger partial charge in [-0.05, 0) is 24.8 Å². The van der Waals surface area contributed by atoms with Crippen molar-refractivity contribution in [3.8, 4) is 0 Å². The number of hydrogen-bond acceptors (Lipinski definition) is 7. The average Bonchev–Trinajstić information content (AvgIpc) is 2.57. The SMILES string of the molecule is O=C(NC(Cc1ccccc1)C(=O)O)OCCCCCCON(O)O. The summed E-state index contributed by atoms with van der Waals surface area (Å²) in [4.78, 5) is 27.3. The summed E-state index contributed by atoms with van der Waals surface area (Å²) in [6.45, 7) is 0.352. The maximum atomic E-state index is 11.7. The minimum absolute atomic E-state index is 0.175. The van der Waals surface area contributed by atoms with Gasteiger partial charge in [0.2, 0.25) is 0 Å². The lowest BCUT2D eigenvalue weighted by atomic mass is 10.1. The zero-order valence-corrected chi connectivity index (χ0v) is 13.8. The van der Waals surface area contributed by atoms with Crippen molar-refractivity contribution in [2.75, 3.05) is 13.2 Å². The molecule has 1 aromatic rings. The first-order valence-corrected chi connectivity index (χ1v) is 8.00. The molecule has 0 spiro atoms. The Labute approximate surface area is 145 Å². The molecule has 0 aliphatic carbocycles. The lowest BCUT2D eigenvalue weighted by molar-refractivity contribution is -0.492. The smallest absolute Gasteiger partial charge is 0.407 e. The van der Waals surface area contributed by atoms with E-state index in [9.17, 15) is 14.7 Å². The van der Waals surface area contributed by atoms with Crippen LogP contribution in [0.15, 0.2) is 30.3 Å². The fraction of sp³-hybridized carbons (Fsp3) is 0.500. The number of nitrogens with one attached hydrogen (secondary N) is 1. The van der Waals surface area contributed by atoms with Gasteiger partial charge in [0.1, 0.15) is 6.04 Å². The van der Waals surface area contributed by atoms with E-state index < -0.39 is 18.1 Å². The van der Waals surface area contributed by atoms with Crippen molar-refractivity contribution < 1.29 is 34.7 Å². The Morgan fingerprint density at radius 3 is 2.28 bits per heavy atom. The molecule has 1 rings (SSSR count). The third kappa shape index (κ3) is 10.3. The second kappa shape index (κ2) is 12.2. The Morgan fingerprint density at radius 2 is 1.68 bits per heavy atom. The summed E-state index contributed by atoms with van der Waals surface area (Å²) in [6.07, 6.45) is 2.19. The summed E-state index contributed by atoms with van der Waals surface area (Å²) in [5.74, 6) is -1.12. The highest BCUT2D eigenvalue weighted by Gasteiger charge is 2.20. The second-order valence-corrected chi connectivity index (χ2v) is 5.36. The van der Waals surface area contributed by atoms with Crippen molar-refractivity contribution >= 4 is 12.1 Å². The lowest BCUT2D eigenvalue weighted by Gasteiger charge is -2.14. The maximum Gasteiger partial charge on any atom is 0.407 e. The van der Waals surface area contributed by atoms with Crippen LogP contribution in [0.2, 0.25) is 0 Å². The maximum absolute atomic E-state index is 11.7. The van der Waals surface area contributed by atoms with Crippen LogP contribution in [-0.2, 0) is 20.8 Å². The molecule has 1 aromatic carbocycles. The molecule has 0 radical (unpaired) electrons. The van der Waals surface area contributed by atoms with Gasteiger partial charge in [-0.2, -0.15) is 0 Å². The third-order valence-corrected chi connectivity index (χ3v) is 3.35. The molecule has 0 saturated heterocycles. The molecule has 0 aliphatic heterocycles. The molecule has 1 atom stereocenters. The Kier molecular flexibility index (Phi) is 10.2. The summed E-state index contributed by atoms with van der Waals surface area (Å²) < 4.78 is 4.97. The molecule has 0 heterocycles. The molecule has 0 saturated carbocycles. The van der Waals surface area contributed by atoms with Crippen LogP contribution in [0.4, 0.5) is 4.79 Å². The molecular formula is C16H24N2O7. The highest BCUT2D eigenvalue weighted by molar-refractivity contribution is 5.80. The number of carbonyl (C=O) groups excluding carboxylic acids is 1. The zero-order chi connectivity index (χ0) is 18.5. The van der Waals surface area contributed by atoms with Crippen molar-refractivity contribution in [3.05, 3.63) is 35.9 Å².